The number of nitrogens with one attached hydrogen (secondary N) is 1. The van der Waals surface area contributed by atoms with Crippen molar-refractivity contribution in [3.63, 3.8) is 0 Å². The van der Waals surface area contributed by atoms with Gasteiger partial charge in [-0.3, -0.25) is 19.8 Å². The second-order valence-electron chi connectivity index (χ2n) is 6.35. The molecular formula is C18H20N4O5S. The number of hydrogen-bond acceptors (Lipinski definition) is 6. The van der Waals surface area contributed by atoms with Gasteiger partial charge in [-0.2, -0.15) is 4.31 Å². The van der Waals surface area contributed by atoms with E-state index >= 15 is 0 Å². The lowest BCUT2D eigenvalue weighted by Gasteiger charge is -2.33. The van der Waals surface area contributed by atoms with E-state index in [-0.39, 0.29) is 23.0 Å². The molecule has 1 aliphatic heterocycles. The van der Waals surface area contributed by atoms with E-state index in [0.29, 0.717) is 31.9 Å². The lowest BCUT2D eigenvalue weighted by atomic mass is 10.2. The number of sulfonamides is 1. The van der Waals surface area contributed by atoms with Gasteiger partial charge in [-0.05, 0) is 18.2 Å². The van der Waals surface area contributed by atoms with Gasteiger partial charge >= 0.3 is 0 Å². The predicted octanol–water partition coefficient (Wildman–Crippen LogP) is 1.54. The molecule has 1 fully saturated rings. The van der Waals surface area contributed by atoms with Crippen LogP contribution >= 0.6 is 0 Å². The first-order valence-electron chi connectivity index (χ1n) is 8.68. The molecule has 2 aromatic carbocycles. The number of nitro groups is 1. The largest absolute Gasteiger partial charge is 0.325 e. The number of hydrogen-bond donors (Lipinski definition) is 1. The molecule has 10 heteroatoms. The maximum absolute atomic E-state index is 12.6. The minimum absolute atomic E-state index is 0.0852. The number of non-ortho nitro benzene ring substituents is 1. The van der Waals surface area contributed by atoms with Gasteiger partial charge in [0.2, 0.25) is 15.9 Å². The van der Waals surface area contributed by atoms with E-state index in [9.17, 15) is 23.3 Å². The lowest BCUT2D eigenvalue weighted by molar-refractivity contribution is -0.384. The fourth-order valence-electron chi connectivity index (χ4n) is 2.97. The van der Waals surface area contributed by atoms with Crippen molar-refractivity contribution < 1.29 is 18.1 Å². The average molecular weight is 404 g/mol. The number of benzene rings is 2. The summed E-state index contributed by atoms with van der Waals surface area (Å²) in [7, 11) is -3.53. The van der Waals surface area contributed by atoms with Gasteiger partial charge in [0, 0.05) is 44.0 Å². The third-order valence-electron chi connectivity index (χ3n) is 4.42. The summed E-state index contributed by atoms with van der Waals surface area (Å²) in [5, 5.41) is 13.4. The number of piperazine rings is 1. The van der Waals surface area contributed by atoms with Crippen molar-refractivity contribution in [1.82, 2.24) is 9.21 Å². The molecule has 0 radical (unpaired) electrons. The summed E-state index contributed by atoms with van der Waals surface area (Å²) < 4.78 is 26.6. The molecule has 2 aromatic rings. The highest BCUT2D eigenvalue weighted by Gasteiger charge is 2.28. The van der Waals surface area contributed by atoms with Crippen LogP contribution in [0.15, 0.2) is 59.5 Å². The van der Waals surface area contributed by atoms with Gasteiger partial charge in [0.05, 0.1) is 16.4 Å². The molecule has 1 amide bonds. The Morgan fingerprint density at radius 3 is 2.36 bits per heavy atom. The number of rotatable bonds is 6. The summed E-state index contributed by atoms with van der Waals surface area (Å²) >= 11 is 0. The molecule has 0 aliphatic carbocycles. The molecule has 1 saturated heterocycles. The lowest BCUT2D eigenvalue weighted by Crippen LogP contribution is -2.50. The Balaban J connectivity index is 1.53. The van der Waals surface area contributed by atoms with E-state index in [1.165, 1.54) is 22.5 Å². The SMILES string of the molecule is O=C(CN1CCN(S(=O)(=O)c2ccccc2)CC1)Nc1cccc([N+](=O)[O-])c1. The van der Waals surface area contributed by atoms with Crippen LogP contribution in [0.1, 0.15) is 0 Å². The van der Waals surface area contributed by atoms with E-state index < -0.39 is 14.9 Å². The zero-order valence-corrected chi connectivity index (χ0v) is 15.8. The molecule has 0 unspecified atom stereocenters. The van der Waals surface area contributed by atoms with Crippen LogP contribution in [0.2, 0.25) is 0 Å². The molecule has 3 rings (SSSR count). The Hall–Kier alpha value is -2.82. The molecule has 28 heavy (non-hydrogen) atoms. The first-order valence-corrected chi connectivity index (χ1v) is 10.1. The summed E-state index contributed by atoms with van der Waals surface area (Å²) in [6, 6.07) is 14.0. The van der Waals surface area contributed by atoms with Crippen LogP contribution in [0, 0.1) is 10.1 Å². The number of nitro benzene ring substituents is 1. The minimum atomic E-state index is -3.53. The summed E-state index contributed by atoms with van der Waals surface area (Å²) in [6.45, 7) is 1.52. The van der Waals surface area contributed by atoms with Gasteiger partial charge in [0.25, 0.3) is 5.69 Å². The molecule has 0 atom stereocenters. The topological polar surface area (TPSA) is 113 Å². The second-order valence-corrected chi connectivity index (χ2v) is 8.29. The highest BCUT2D eigenvalue weighted by atomic mass is 32.2. The summed E-state index contributed by atoms with van der Waals surface area (Å²) in [6.07, 6.45) is 0. The minimum Gasteiger partial charge on any atom is -0.325 e. The summed E-state index contributed by atoms with van der Waals surface area (Å²) in [4.78, 5) is 24.6. The molecule has 0 spiro atoms. The van der Waals surface area contributed by atoms with Crippen LogP contribution in [0.3, 0.4) is 0 Å². The van der Waals surface area contributed by atoms with Gasteiger partial charge in [0.1, 0.15) is 0 Å². The Bertz CT molecular complexity index is 957. The van der Waals surface area contributed by atoms with E-state index in [2.05, 4.69) is 5.32 Å². The van der Waals surface area contributed by atoms with E-state index in [1.54, 1.807) is 36.4 Å². The third kappa shape index (κ3) is 4.71. The van der Waals surface area contributed by atoms with Crippen molar-refractivity contribution in [2.75, 3.05) is 38.0 Å². The van der Waals surface area contributed by atoms with Gasteiger partial charge in [-0.1, -0.05) is 24.3 Å². The van der Waals surface area contributed by atoms with Crippen molar-refractivity contribution in [2.45, 2.75) is 4.90 Å². The van der Waals surface area contributed by atoms with Crippen LogP contribution in [0.25, 0.3) is 0 Å². The number of carbonyl (C=O) groups is 1. The first-order chi connectivity index (χ1) is 13.4. The van der Waals surface area contributed by atoms with E-state index in [4.69, 9.17) is 0 Å². The van der Waals surface area contributed by atoms with E-state index in [0.717, 1.165) is 0 Å². The molecule has 1 aliphatic rings. The van der Waals surface area contributed by atoms with Crippen LogP contribution < -0.4 is 5.32 Å². The Labute approximate surface area is 162 Å². The van der Waals surface area contributed by atoms with Crippen LogP contribution in [-0.2, 0) is 14.8 Å². The van der Waals surface area contributed by atoms with Gasteiger partial charge < -0.3 is 5.32 Å². The molecule has 148 valence electrons. The maximum atomic E-state index is 12.6. The molecule has 9 nitrogen and oxygen atoms in total. The van der Waals surface area contributed by atoms with Gasteiger partial charge in [0.15, 0.2) is 0 Å². The molecule has 1 heterocycles. The second kappa shape index (κ2) is 8.46. The van der Waals surface area contributed by atoms with Crippen molar-refractivity contribution in [1.29, 1.82) is 0 Å². The average Bonchev–Trinajstić information content (AvgIpc) is 2.69. The van der Waals surface area contributed by atoms with Crippen molar-refractivity contribution in [3.05, 3.63) is 64.7 Å². The molecule has 0 aromatic heterocycles. The normalized spacial score (nSPS) is 15.9. The van der Waals surface area contributed by atoms with Gasteiger partial charge in [-0.15, -0.1) is 0 Å². The number of amides is 1. The fourth-order valence-corrected chi connectivity index (χ4v) is 4.41. The quantitative estimate of drug-likeness (QED) is 0.577. The number of carbonyl (C=O) groups excluding carboxylic acids is 1. The zero-order valence-electron chi connectivity index (χ0n) is 15.0. The van der Waals surface area contributed by atoms with Crippen molar-refractivity contribution in [3.8, 4) is 0 Å². The van der Waals surface area contributed by atoms with Crippen molar-refractivity contribution >= 4 is 27.3 Å². The molecular weight excluding hydrogens is 384 g/mol. The standard InChI is InChI=1S/C18H20N4O5S/c23-18(19-15-5-4-6-16(13-15)22(24)25)14-20-9-11-21(12-10-20)28(26,27)17-7-2-1-3-8-17/h1-8,13H,9-12,14H2,(H,19,23). The predicted molar refractivity (Wildman–Crippen MR) is 103 cm³/mol. The highest BCUT2D eigenvalue weighted by Crippen LogP contribution is 2.18. The third-order valence-corrected chi connectivity index (χ3v) is 6.33. The molecule has 1 N–H and O–H groups in total. The monoisotopic (exact) mass is 404 g/mol. The van der Waals surface area contributed by atoms with Gasteiger partial charge in [-0.25, -0.2) is 8.42 Å². The number of nitrogens with zero attached hydrogens (tertiary/aromatic N) is 3. The summed E-state index contributed by atoms with van der Waals surface area (Å²) in [5.41, 5.74) is 0.252. The van der Waals surface area contributed by atoms with Crippen LogP contribution in [0.4, 0.5) is 11.4 Å². The smallest absolute Gasteiger partial charge is 0.271 e. The summed E-state index contributed by atoms with van der Waals surface area (Å²) in [5.74, 6) is -0.306. The Kier molecular flexibility index (Phi) is 6.02. The zero-order chi connectivity index (χ0) is 20.1. The first kappa shape index (κ1) is 19.9. The molecule has 0 bridgehead atoms. The van der Waals surface area contributed by atoms with E-state index in [1.807, 2.05) is 4.90 Å². The number of anilines is 1. The Morgan fingerprint density at radius 1 is 1.04 bits per heavy atom. The van der Waals surface area contributed by atoms with Crippen molar-refractivity contribution in [2.24, 2.45) is 0 Å². The highest BCUT2D eigenvalue weighted by molar-refractivity contribution is 7.89. The Morgan fingerprint density at radius 2 is 1.71 bits per heavy atom. The van der Waals surface area contributed by atoms with Crippen LogP contribution in [-0.4, -0.2) is 61.2 Å². The fraction of sp³-hybridized carbons (Fsp3) is 0.278. The molecule has 0 saturated carbocycles. The van der Waals surface area contributed by atoms with Crippen LogP contribution in [0.5, 0.6) is 0 Å². The maximum Gasteiger partial charge on any atom is 0.271 e.